The lowest BCUT2D eigenvalue weighted by Gasteiger charge is -2.03. The first-order valence-corrected chi connectivity index (χ1v) is 3.64. The summed E-state index contributed by atoms with van der Waals surface area (Å²) in [4.78, 5) is 19.6. The van der Waals surface area contributed by atoms with Crippen LogP contribution in [0.5, 0.6) is 0 Å². The van der Waals surface area contributed by atoms with Crippen molar-refractivity contribution in [3.63, 3.8) is 0 Å². The normalized spacial score (nSPS) is 11.5. The van der Waals surface area contributed by atoms with Gasteiger partial charge in [-0.2, -0.15) is 0 Å². The lowest BCUT2D eigenvalue weighted by Crippen LogP contribution is -2.29. The molecule has 0 saturated heterocycles. The number of rotatable bonds is 6. The van der Waals surface area contributed by atoms with Crippen molar-refractivity contribution in [3.8, 4) is 0 Å². The summed E-state index contributed by atoms with van der Waals surface area (Å²) in [6.07, 6.45) is 1.16. The minimum atomic E-state index is -1.06. The largest absolute Gasteiger partial charge is 0.480 e. The smallest absolute Gasteiger partial charge is 0.320 e. The van der Waals surface area contributed by atoms with E-state index in [0.717, 1.165) is 0 Å². The van der Waals surface area contributed by atoms with E-state index in [0.29, 0.717) is 19.3 Å². The van der Waals surface area contributed by atoms with Gasteiger partial charge in [0.2, 0.25) is 6.54 Å². The van der Waals surface area contributed by atoms with E-state index in [1.54, 1.807) is 0 Å². The monoisotopic (exact) mass is 212 g/mol. The summed E-state index contributed by atoms with van der Waals surface area (Å²) in [5, 5.41) is 18.2. The second-order valence-electron chi connectivity index (χ2n) is 2.50. The molecule has 0 amide bonds. The van der Waals surface area contributed by atoms with Gasteiger partial charge in [0.25, 0.3) is 0 Å². The SMILES string of the molecule is Cl.N[C@@H](CCCC[N+](=O)[O-])C(=O)O. The Bertz CT molecular complexity index is 176. The van der Waals surface area contributed by atoms with Crippen LogP contribution in [0.3, 0.4) is 0 Å². The highest BCUT2D eigenvalue weighted by atomic mass is 35.5. The average molecular weight is 213 g/mol. The van der Waals surface area contributed by atoms with Crippen molar-refractivity contribution < 1.29 is 14.8 Å². The van der Waals surface area contributed by atoms with Gasteiger partial charge < -0.3 is 10.8 Å². The minimum absolute atomic E-state index is 0. The average Bonchev–Trinajstić information content (AvgIpc) is 1.97. The molecule has 0 bridgehead atoms. The first kappa shape index (κ1) is 14.6. The molecular weight excluding hydrogens is 200 g/mol. The van der Waals surface area contributed by atoms with E-state index >= 15 is 0 Å². The standard InChI is InChI=1S/C6H12N2O4.ClH/c7-5(6(9)10)3-1-2-4-8(11)12;/h5H,1-4,7H2,(H,9,10);1H/t5-;/m0./s1. The lowest BCUT2D eigenvalue weighted by atomic mass is 10.1. The fraction of sp³-hybridized carbons (Fsp3) is 0.833. The van der Waals surface area contributed by atoms with Gasteiger partial charge in [-0.25, -0.2) is 0 Å². The highest BCUT2D eigenvalue weighted by Crippen LogP contribution is 1.98. The predicted octanol–water partition coefficient (Wildman–Crippen LogP) is 0.267. The maximum Gasteiger partial charge on any atom is 0.320 e. The summed E-state index contributed by atoms with van der Waals surface area (Å²) < 4.78 is 0. The fourth-order valence-corrected chi connectivity index (χ4v) is 0.729. The number of hydrogen-bond acceptors (Lipinski definition) is 4. The van der Waals surface area contributed by atoms with Crippen LogP contribution >= 0.6 is 12.4 Å². The Kier molecular flexibility index (Phi) is 8.73. The zero-order chi connectivity index (χ0) is 9.56. The van der Waals surface area contributed by atoms with Crippen LogP contribution in [0.2, 0.25) is 0 Å². The summed E-state index contributed by atoms with van der Waals surface area (Å²) in [5.74, 6) is -1.06. The first-order chi connectivity index (χ1) is 5.54. The number of unbranched alkanes of at least 4 members (excludes halogenated alkanes) is 1. The molecule has 6 nitrogen and oxygen atoms in total. The molecular formula is C6H13ClN2O4. The maximum atomic E-state index is 10.2. The van der Waals surface area contributed by atoms with Crippen LogP contribution in [0.15, 0.2) is 0 Å². The summed E-state index contributed by atoms with van der Waals surface area (Å²) in [5.41, 5.74) is 5.16. The Labute approximate surface area is 81.7 Å². The molecule has 0 fully saturated rings. The van der Waals surface area contributed by atoms with E-state index in [2.05, 4.69) is 0 Å². The van der Waals surface area contributed by atoms with Crippen LogP contribution in [-0.2, 0) is 4.79 Å². The molecule has 3 N–H and O–H groups in total. The third-order valence-electron chi connectivity index (χ3n) is 1.42. The van der Waals surface area contributed by atoms with Gasteiger partial charge in [-0.15, -0.1) is 12.4 Å². The predicted molar refractivity (Wildman–Crippen MR) is 48.6 cm³/mol. The van der Waals surface area contributed by atoms with Crippen molar-refractivity contribution in [1.82, 2.24) is 0 Å². The fourth-order valence-electron chi connectivity index (χ4n) is 0.729. The number of hydrogen-bond donors (Lipinski definition) is 2. The minimum Gasteiger partial charge on any atom is -0.480 e. The van der Waals surface area contributed by atoms with Crippen LogP contribution in [0.4, 0.5) is 0 Å². The quantitative estimate of drug-likeness (QED) is 0.373. The molecule has 0 radical (unpaired) electrons. The molecule has 0 spiro atoms. The van der Waals surface area contributed by atoms with Crippen LogP contribution < -0.4 is 5.73 Å². The molecule has 0 aliphatic carbocycles. The highest BCUT2D eigenvalue weighted by Gasteiger charge is 2.10. The highest BCUT2D eigenvalue weighted by molar-refractivity contribution is 5.85. The maximum absolute atomic E-state index is 10.2. The van der Waals surface area contributed by atoms with Crippen molar-refractivity contribution in [2.75, 3.05) is 6.54 Å². The van der Waals surface area contributed by atoms with Crippen LogP contribution in [-0.4, -0.2) is 28.6 Å². The third kappa shape index (κ3) is 9.03. The Balaban J connectivity index is 0. The summed E-state index contributed by atoms with van der Waals surface area (Å²) in [7, 11) is 0. The van der Waals surface area contributed by atoms with E-state index in [1.807, 2.05) is 0 Å². The lowest BCUT2D eigenvalue weighted by molar-refractivity contribution is -0.480. The van der Waals surface area contributed by atoms with Gasteiger partial charge in [0.15, 0.2) is 0 Å². The molecule has 0 unspecified atom stereocenters. The van der Waals surface area contributed by atoms with Gasteiger partial charge in [0.1, 0.15) is 6.04 Å². The molecule has 0 aromatic carbocycles. The number of carboxylic acids is 1. The van der Waals surface area contributed by atoms with Crippen molar-refractivity contribution >= 4 is 18.4 Å². The van der Waals surface area contributed by atoms with E-state index in [1.165, 1.54) is 0 Å². The zero-order valence-electron chi connectivity index (χ0n) is 7.01. The number of halogens is 1. The Morgan fingerprint density at radius 1 is 1.54 bits per heavy atom. The summed E-state index contributed by atoms with van der Waals surface area (Å²) in [6.45, 7) is -0.119. The van der Waals surface area contributed by atoms with Gasteiger partial charge >= 0.3 is 5.97 Å². The first-order valence-electron chi connectivity index (χ1n) is 3.64. The number of carboxylic acid groups (broad SMARTS) is 1. The van der Waals surface area contributed by atoms with Crippen molar-refractivity contribution in [1.29, 1.82) is 0 Å². The van der Waals surface area contributed by atoms with E-state index in [9.17, 15) is 14.9 Å². The molecule has 0 saturated carbocycles. The molecule has 7 heteroatoms. The van der Waals surface area contributed by atoms with E-state index in [4.69, 9.17) is 10.8 Å². The molecule has 0 aromatic heterocycles. The molecule has 78 valence electrons. The molecule has 0 aromatic rings. The Morgan fingerprint density at radius 2 is 2.08 bits per heavy atom. The zero-order valence-corrected chi connectivity index (χ0v) is 7.83. The van der Waals surface area contributed by atoms with Gasteiger partial charge in [-0.3, -0.25) is 14.9 Å². The van der Waals surface area contributed by atoms with Gasteiger partial charge in [-0.05, 0) is 12.8 Å². The Hall–Kier alpha value is -0.880. The van der Waals surface area contributed by atoms with Crippen LogP contribution in [0.1, 0.15) is 19.3 Å². The van der Waals surface area contributed by atoms with Crippen LogP contribution in [0.25, 0.3) is 0 Å². The van der Waals surface area contributed by atoms with Gasteiger partial charge in [0, 0.05) is 11.3 Å². The van der Waals surface area contributed by atoms with Crippen molar-refractivity contribution in [3.05, 3.63) is 10.1 Å². The summed E-state index contributed by atoms with van der Waals surface area (Å²) in [6, 6.07) is -0.892. The third-order valence-corrected chi connectivity index (χ3v) is 1.42. The van der Waals surface area contributed by atoms with Crippen molar-refractivity contribution in [2.24, 2.45) is 5.73 Å². The number of nitro groups is 1. The Morgan fingerprint density at radius 3 is 2.46 bits per heavy atom. The number of nitrogens with zero attached hydrogens (tertiary/aromatic N) is 1. The van der Waals surface area contributed by atoms with E-state index < -0.39 is 16.9 Å². The van der Waals surface area contributed by atoms with Crippen molar-refractivity contribution in [2.45, 2.75) is 25.3 Å². The molecule has 0 rings (SSSR count). The number of carbonyl (C=O) groups is 1. The van der Waals surface area contributed by atoms with Gasteiger partial charge in [0.05, 0.1) is 0 Å². The topological polar surface area (TPSA) is 106 Å². The molecule has 0 heterocycles. The molecule has 0 aliphatic heterocycles. The summed E-state index contributed by atoms with van der Waals surface area (Å²) >= 11 is 0. The van der Waals surface area contributed by atoms with Gasteiger partial charge in [-0.1, -0.05) is 0 Å². The number of aliphatic carboxylic acids is 1. The van der Waals surface area contributed by atoms with Crippen LogP contribution in [0, 0.1) is 10.1 Å². The second kappa shape index (κ2) is 7.75. The molecule has 13 heavy (non-hydrogen) atoms. The second-order valence-corrected chi connectivity index (χ2v) is 2.50. The van der Waals surface area contributed by atoms with E-state index in [-0.39, 0.29) is 19.0 Å². The number of nitrogens with two attached hydrogens (primary N) is 1. The molecule has 0 aliphatic rings. The molecule has 1 atom stereocenters.